The van der Waals surface area contributed by atoms with Crippen LogP contribution in [0.3, 0.4) is 0 Å². The maximum atomic E-state index is 12.3. The van der Waals surface area contributed by atoms with Gasteiger partial charge in [0, 0.05) is 13.1 Å². The Labute approximate surface area is 108 Å². The molecule has 0 aromatic heterocycles. The molecule has 19 heavy (non-hydrogen) atoms. The van der Waals surface area contributed by atoms with Crippen molar-refractivity contribution < 1.29 is 26.3 Å². The van der Waals surface area contributed by atoms with Crippen LogP contribution in [0.4, 0.5) is 26.3 Å². The molecule has 114 valence electrons. The monoisotopic (exact) mass is 292 g/mol. The zero-order chi connectivity index (χ0) is 14.5. The number of nitrogens with one attached hydrogen (secondary N) is 1. The third-order valence-electron chi connectivity index (χ3n) is 3.09. The average molecular weight is 292 g/mol. The fourth-order valence-corrected chi connectivity index (χ4v) is 2.20. The summed E-state index contributed by atoms with van der Waals surface area (Å²) in [5.41, 5.74) is 0. The molecule has 0 amide bonds. The smallest absolute Gasteiger partial charge is 0.317 e. The number of hydrogen-bond acceptors (Lipinski definition) is 2. The van der Waals surface area contributed by atoms with Crippen LogP contribution in [-0.4, -0.2) is 50.0 Å². The quantitative estimate of drug-likeness (QED) is 0.784. The van der Waals surface area contributed by atoms with Crippen LogP contribution in [0.1, 0.15) is 19.3 Å². The van der Waals surface area contributed by atoms with Gasteiger partial charge in [-0.15, -0.1) is 0 Å². The summed E-state index contributed by atoms with van der Waals surface area (Å²) in [6.07, 6.45) is -8.66. The Hall–Kier alpha value is -0.500. The molecule has 0 aliphatic carbocycles. The van der Waals surface area contributed by atoms with E-state index in [9.17, 15) is 26.3 Å². The molecule has 0 bridgehead atoms. The maximum absolute atomic E-state index is 12.3. The lowest BCUT2D eigenvalue weighted by molar-refractivity contribution is -0.162. The topological polar surface area (TPSA) is 15.3 Å². The highest BCUT2D eigenvalue weighted by molar-refractivity contribution is 4.74. The third-order valence-corrected chi connectivity index (χ3v) is 3.09. The first-order chi connectivity index (χ1) is 8.66. The van der Waals surface area contributed by atoms with Gasteiger partial charge in [-0.1, -0.05) is 0 Å². The predicted octanol–water partition coefficient (Wildman–Crippen LogP) is 2.80. The van der Waals surface area contributed by atoms with E-state index in [-0.39, 0.29) is 12.5 Å². The van der Waals surface area contributed by atoms with E-state index < -0.39 is 31.9 Å². The van der Waals surface area contributed by atoms with Gasteiger partial charge >= 0.3 is 12.4 Å². The van der Waals surface area contributed by atoms with E-state index in [0.29, 0.717) is 25.9 Å². The van der Waals surface area contributed by atoms with Gasteiger partial charge in [0.15, 0.2) is 0 Å². The van der Waals surface area contributed by atoms with Gasteiger partial charge in [-0.25, -0.2) is 0 Å². The molecule has 0 aromatic rings. The number of nitrogens with zero attached hydrogens (tertiary/aromatic N) is 1. The van der Waals surface area contributed by atoms with Gasteiger partial charge in [0.1, 0.15) is 0 Å². The largest absolute Gasteiger partial charge is 0.401 e. The zero-order valence-electron chi connectivity index (χ0n) is 10.4. The molecule has 0 saturated carbocycles. The number of rotatable bonds is 5. The number of piperidine rings is 1. The Balaban J connectivity index is 2.47. The zero-order valence-corrected chi connectivity index (χ0v) is 10.4. The summed E-state index contributed by atoms with van der Waals surface area (Å²) in [6.45, 7) is -0.356. The van der Waals surface area contributed by atoms with Gasteiger partial charge in [-0.05, 0) is 31.8 Å². The van der Waals surface area contributed by atoms with Crippen molar-refractivity contribution in [2.24, 2.45) is 5.92 Å². The van der Waals surface area contributed by atoms with E-state index in [0.717, 1.165) is 4.90 Å². The molecule has 1 rings (SSSR count). The van der Waals surface area contributed by atoms with Gasteiger partial charge in [0.05, 0.1) is 13.0 Å². The standard InChI is InChI=1S/C11H18F6N2/c12-10(13,14)3-6-19(8-11(15,16)17)7-9-1-4-18-5-2-9/h9,18H,1-8H2. The molecule has 0 atom stereocenters. The van der Waals surface area contributed by atoms with E-state index >= 15 is 0 Å². The molecule has 1 saturated heterocycles. The molecule has 1 heterocycles. The van der Waals surface area contributed by atoms with E-state index in [1.165, 1.54) is 0 Å². The minimum absolute atomic E-state index is 0.0387. The number of hydrogen-bond donors (Lipinski definition) is 1. The maximum Gasteiger partial charge on any atom is 0.401 e. The second-order valence-corrected chi connectivity index (χ2v) is 4.91. The molecule has 0 aromatic carbocycles. The van der Waals surface area contributed by atoms with Crippen LogP contribution in [0.2, 0.25) is 0 Å². The molecule has 0 unspecified atom stereocenters. The lowest BCUT2D eigenvalue weighted by Gasteiger charge is -2.30. The van der Waals surface area contributed by atoms with Gasteiger partial charge in [-0.3, -0.25) is 4.90 Å². The van der Waals surface area contributed by atoms with Crippen molar-refractivity contribution in [3.05, 3.63) is 0 Å². The van der Waals surface area contributed by atoms with E-state index in [2.05, 4.69) is 5.32 Å². The molecule has 0 radical (unpaired) electrons. The SMILES string of the molecule is FC(F)(F)CCN(CC1CCNCC1)CC(F)(F)F. The Kier molecular flexibility index (Phi) is 5.91. The second kappa shape index (κ2) is 6.78. The molecular formula is C11H18F6N2. The molecule has 1 N–H and O–H groups in total. The highest BCUT2D eigenvalue weighted by atomic mass is 19.4. The van der Waals surface area contributed by atoms with Gasteiger partial charge in [0.2, 0.25) is 0 Å². The molecule has 8 heteroatoms. The molecule has 1 aliphatic rings. The van der Waals surface area contributed by atoms with Crippen LogP contribution in [0.25, 0.3) is 0 Å². The average Bonchev–Trinajstić information content (AvgIpc) is 2.24. The summed E-state index contributed by atoms with van der Waals surface area (Å²) >= 11 is 0. The minimum Gasteiger partial charge on any atom is -0.317 e. The number of alkyl halides is 6. The van der Waals surface area contributed by atoms with Crippen LogP contribution in [0.5, 0.6) is 0 Å². The second-order valence-electron chi connectivity index (χ2n) is 4.91. The van der Waals surface area contributed by atoms with E-state index in [4.69, 9.17) is 0 Å². The van der Waals surface area contributed by atoms with Crippen molar-refractivity contribution in [3.63, 3.8) is 0 Å². The van der Waals surface area contributed by atoms with Crippen LogP contribution in [0, 0.1) is 5.92 Å². The molecule has 2 nitrogen and oxygen atoms in total. The summed E-state index contributed by atoms with van der Waals surface area (Å²) in [6, 6.07) is 0. The first-order valence-electron chi connectivity index (χ1n) is 6.22. The fourth-order valence-electron chi connectivity index (χ4n) is 2.20. The van der Waals surface area contributed by atoms with Crippen LogP contribution < -0.4 is 5.32 Å². The Morgan fingerprint density at radius 1 is 0.947 bits per heavy atom. The molecule has 0 spiro atoms. The Morgan fingerprint density at radius 3 is 2.00 bits per heavy atom. The summed E-state index contributed by atoms with van der Waals surface area (Å²) in [5, 5.41) is 3.07. The van der Waals surface area contributed by atoms with Crippen LogP contribution in [-0.2, 0) is 0 Å². The van der Waals surface area contributed by atoms with E-state index in [1.54, 1.807) is 0 Å². The van der Waals surface area contributed by atoms with Gasteiger partial charge in [-0.2, -0.15) is 26.3 Å². The van der Waals surface area contributed by atoms with E-state index in [1.807, 2.05) is 0 Å². The Bertz CT molecular complexity index is 257. The summed E-state index contributed by atoms with van der Waals surface area (Å²) in [7, 11) is 0. The van der Waals surface area contributed by atoms with Crippen molar-refractivity contribution in [2.45, 2.75) is 31.6 Å². The lowest BCUT2D eigenvalue weighted by Crippen LogP contribution is -2.41. The van der Waals surface area contributed by atoms with Gasteiger partial charge in [0.25, 0.3) is 0 Å². The summed E-state index contributed by atoms with van der Waals surface area (Å²) < 4.78 is 73.4. The molecular weight excluding hydrogens is 274 g/mol. The van der Waals surface area contributed by atoms with Crippen molar-refractivity contribution in [2.75, 3.05) is 32.7 Å². The minimum atomic E-state index is -4.46. The van der Waals surface area contributed by atoms with Crippen molar-refractivity contribution >= 4 is 0 Å². The first kappa shape index (κ1) is 16.6. The Morgan fingerprint density at radius 2 is 1.53 bits per heavy atom. The first-order valence-corrected chi connectivity index (χ1v) is 6.22. The number of halogens is 6. The fraction of sp³-hybridized carbons (Fsp3) is 1.00. The summed E-state index contributed by atoms with van der Waals surface area (Å²) in [5.74, 6) is 0.0387. The van der Waals surface area contributed by atoms with Crippen molar-refractivity contribution in [3.8, 4) is 0 Å². The molecule has 1 aliphatic heterocycles. The van der Waals surface area contributed by atoms with Crippen LogP contribution in [0.15, 0.2) is 0 Å². The summed E-state index contributed by atoms with van der Waals surface area (Å²) in [4.78, 5) is 0.878. The molecule has 1 fully saturated rings. The van der Waals surface area contributed by atoms with Crippen LogP contribution >= 0.6 is 0 Å². The third kappa shape index (κ3) is 8.30. The normalized spacial score (nSPS) is 19.1. The van der Waals surface area contributed by atoms with Gasteiger partial charge < -0.3 is 5.32 Å². The highest BCUT2D eigenvalue weighted by Crippen LogP contribution is 2.24. The van der Waals surface area contributed by atoms with Crippen molar-refractivity contribution in [1.82, 2.24) is 10.2 Å². The highest BCUT2D eigenvalue weighted by Gasteiger charge is 2.34. The lowest BCUT2D eigenvalue weighted by atomic mass is 9.97. The van der Waals surface area contributed by atoms with Crippen molar-refractivity contribution in [1.29, 1.82) is 0 Å². The predicted molar refractivity (Wildman–Crippen MR) is 58.8 cm³/mol.